The van der Waals surface area contributed by atoms with Gasteiger partial charge < -0.3 is 0 Å². The van der Waals surface area contributed by atoms with E-state index < -0.39 is 0 Å². The third kappa shape index (κ3) is 1.73. The Morgan fingerprint density at radius 1 is 0.800 bits per heavy atom. The first-order valence-corrected chi connectivity index (χ1v) is 8.29. The van der Waals surface area contributed by atoms with Gasteiger partial charge in [-0.2, -0.15) is 0 Å². The summed E-state index contributed by atoms with van der Waals surface area (Å²) in [5.41, 5.74) is 4.84. The SMILES string of the molecule is C1=C(c2ccccc2)C2(CC1)CCC=C2c1cccs1. The highest BCUT2D eigenvalue weighted by atomic mass is 32.1. The van der Waals surface area contributed by atoms with Crippen LogP contribution in [0.25, 0.3) is 11.1 Å². The van der Waals surface area contributed by atoms with E-state index in [-0.39, 0.29) is 5.41 Å². The smallest absolute Gasteiger partial charge is 0.0308 e. The fourth-order valence-corrected chi connectivity index (χ4v) is 4.77. The molecule has 4 rings (SSSR count). The van der Waals surface area contributed by atoms with Crippen molar-refractivity contribution in [1.82, 2.24) is 0 Å². The molecule has 20 heavy (non-hydrogen) atoms. The summed E-state index contributed by atoms with van der Waals surface area (Å²) in [4.78, 5) is 1.46. The molecule has 1 aromatic carbocycles. The Morgan fingerprint density at radius 3 is 2.25 bits per heavy atom. The maximum absolute atomic E-state index is 2.48. The molecule has 0 N–H and O–H groups in total. The summed E-state index contributed by atoms with van der Waals surface area (Å²) >= 11 is 1.88. The summed E-state index contributed by atoms with van der Waals surface area (Å²) in [6.45, 7) is 0. The van der Waals surface area contributed by atoms with Crippen molar-refractivity contribution in [1.29, 1.82) is 0 Å². The molecule has 0 amide bonds. The maximum Gasteiger partial charge on any atom is 0.0308 e. The molecule has 1 heterocycles. The van der Waals surface area contributed by atoms with Gasteiger partial charge in [0.05, 0.1) is 0 Å². The Balaban J connectivity index is 1.81. The van der Waals surface area contributed by atoms with E-state index in [2.05, 4.69) is 60.0 Å². The van der Waals surface area contributed by atoms with E-state index in [0.717, 1.165) is 0 Å². The quantitative estimate of drug-likeness (QED) is 0.652. The van der Waals surface area contributed by atoms with Crippen molar-refractivity contribution in [3.63, 3.8) is 0 Å². The van der Waals surface area contributed by atoms with Gasteiger partial charge in [-0.15, -0.1) is 11.3 Å². The highest BCUT2D eigenvalue weighted by molar-refractivity contribution is 7.11. The van der Waals surface area contributed by atoms with Gasteiger partial charge in [0.25, 0.3) is 0 Å². The molecule has 1 aromatic heterocycles. The second kappa shape index (κ2) is 4.75. The molecule has 1 atom stereocenters. The van der Waals surface area contributed by atoms with Crippen LogP contribution in [0.3, 0.4) is 0 Å². The fourth-order valence-electron chi connectivity index (χ4n) is 3.91. The molecule has 0 saturated carbocycles. The van der Waals surface area contributed by atoms with Gasteiger partial charge in [0.15, 0.2) is 0 Å². The lowest BCUT2D eigenvalue weighted by Crippen LogP contribution is -2.17. The highest BCUT2D eigenvalue weighted by Gasteiger charge is 2.43. The van der Waals surface area contributed by atoms with E-state index in [4.69, 9.17) is 0 Å². The minimum atomic E-state index is 0.284. The van der Waals surface area contributed by atoms with Crippen LogP contribution in [-0.2, 0) is 0 Å². The second-order valence-electron chi connectivity index (χ2n) is 5.74. The Bertz CT molecular complexity index is 657. The Kier molecular flexibility index (Phi) is 2.89. The molecule has 1 unspecified atom stereocenters. The van der Waals surface area contributed by atoms with Crippen molar-refractivity contribution in [2.24, 2.45) is 5.41 Å². The number of allylic oxidation sites excluding steroid dienone is 4. The molecular weight excluding hydrogens is 260 g/mol. The third-order valence-corrected chi connectivity index (χ3v) is 5.64. The zero-order chi connectivity index (χ0) is 13.4. The molecule has 2 aromatic rings. The lowest BCUT2D eigenvalue weighted by molar-refractivity contribution is 0.502. The molecule has 0 radical (unpaired) electrons. The van der Waals surface area contributed by atoms with Gasteiger partial charge in [-0.05, 0) is 53.8 Å². The topological polar surface area (TPSA) is 0 Å². The summed E-state index contributed by atoms with van der Waals surface area (Å²) < 4.78 is 0. The predicted octanol–water partition coefficient (Wildman–Crippen LogP) is 5.79. The maximum atomic E-state index is 2.48. The standard InChI is InChI=1S/C19H18S/c1-2-7-15(8-3-1)16-9-4-12-19(16)13-5-10-17(19)18-11-6-14-20-18/h1-3,6-11,14H,4-5,12-13H2. The van der Waals surface area contributed by atoms with Crippen LogP contribution in [0.1, 0.15) is 36.1 Å². The van der Waals surface area contributed by atoms with Gasteiger partial charge in [-0.25, -0.2) is 0 Å². The number of benzene rings is 1. The van der Waals surface area contributed by atoms with Gasteiger partial charge in [-0.3, -0.25) is 0 Å². The molecule has 1 spiro atoms. The van der Waals surface area contributed by atoms with Crippen molar-refractivity contribution >= 4 is 22.5 Å². The zero-order valence-corrected chi connectivity index (χ0v) is 12.3. The monoisotopic (exact) mass is 278 g/mol. The Hall–Kier alpha value is -1.60. The van der Waals surface area contributed by atoms with Crippen molar-refractivity contribution in [3.8, 4) is 0 Å². The first-order chi connectivity index (χ1) is 9.90. The molecule has 0 nitrogen and oxygen atoms in total. The van der Waals surface area contributed by atoms with Crippen LogP contribution in [-0.4, -0.2) is 0 Å². The van der Waals surface area contributed by atoms with E-state index in [9.17, 15) is 0 Å². The van der Waals surface area contributed by atoms with Gasteiger partial charge in [0.1, 0.15) is 0 Å². The van der Waals surface area contributed by atoms with Crippen LogP contribution >= 0.6 is 11.3 Å². The molecule has 0 saturated heterocycles. The third-order valence-electron chi connectivity index (χ3n) is 4.74. The molecule has 2 aliphatic carbocycles. The summed E-state index contributed by atoms with van der Waals surface area (Å²) in [7, 11) is 0. The molecule has 2 aliphatic rings. The van der Waals surface area contributed by atoms with E-state index in [1.165, 1.54) is 36.1 Å². The minimum Gasteiger partial charge on any atom is -0.144 e. The lowest BCUT2D eigenvalue weighted by Gasteiger charge is -2.31. The van der Waals surface area contributed by atoms with Crippen LogP contribution in [0.15, 0.2) is 60.0 Å². The molecule has 0 aliphatic heterocycles. The number of rotatable bonds is 2. The van der Waals surface area contributed by atoms with Crippen molar-refractivity contribution in [2.75, 3.05) is 0 Å². The van der Waals surface area contributed by atoms with Gasteiger partial charge in [0.2, 0.25) is 0 Å². The minimum absolute atomic E-state index is 0.284. The van der Waals surface area contributed by atoms with E-state index in [1.54, 1.807) is 11.1 Å². The van der Waals surface area contributed by atoms with Crippen LogP contribution in [0.4, 0.5) is 0 Å². The molecule has 0 fully saturated rings. The largest absolute Gasteiger partial charge is 0.144 e. The van der Waals surface area contributed by atoms with Gasteiger partial charge in [-0.1, -0.05) is 48.6 Å². The fraction of sp³-hybridized carbons (Fsp3) is 0.263. The first-order valence-electron chi connectivity index (χ1n) is 7.41. The number of thiophene rings is 1. The molecule has 100 valence electrons. The van der Waals surface area contributed by atoms with E-state index in [0.29, 0.717) is 0 Å². The summed E-state index contributed by atoms with van der Waals surface area (Å²) in [6, 6.07) is 15.4. The van der Waals surface area contributed by atoms with Crippen molar-refractivity contribution in [2.45, 2.75) is 25.7 Å². The summed E-state index contributed by atoms with van der Waals surface area (Å²) in [6.07, 6.45) is 9.95. The average molecular weight is 278 g/mol. The number of hydrogen-bond acceptors (Lipinski definition) is 1. The molecule has 0 bridgehead atoms. The Morgan fingerprint density at radius 2 is 1.55 bits per heavy atom. The van der Waals surface area contributed by atoms with Crippen LogP contribution in [0, 0.1) is 5.41 Å². The first kappa shape index (κ1) is 12.2. The zero-order valence-electron chi connectivity index (χ0n) is 11.5. The molecule has 1 heteroatoms. The van der Waals surface area contributed by atoms with E-state index >= 15 is 0 Å². The average Bonchev–Trinajstić information content (AvgIpc) is 3.22. The van der Waals surface area contributed by atoms with Crippen LogP contribution < -0.4 is 0 Å². The highest BCUT2D eigenvalue weighted by Crippen LogP contribution is 2.59. The summed E-state index contributed by atoms with van der Waals surface area (Å²) in [5.74, 6) is 0. The number of hydrogen-bond donors (Lipinski definition) is 0. The second-order valence-corrected chi connectivity index (χ2v) is 6.69. The lowest BCUT2D eigenvalue weighted by atomic mass is 9.72. The van der Waals surface area contributed by atoms with Gasteiger partial charge in [0, 0.05) is 10.3 Å². The normalized spacial score (nSPS) is 25.0. The Labute approximate surface area is 124 Å². The molecular formula is C19H18S. The van der Waals surface area contributed by atoms with Crippen molar-refractivity contribution < 1.29 is 0 Å². The predicted molar refractivity (Wildman–Crippen MR) is 87.6 cm³/mol. The van der Waals surface area contributed by atoms with E-state index in [1.807, 2.05) is 11.3 Å². The van der Waals surface area contributed by atoms with Crippen molar-refractivity contribution in [3.05, 3.63) is 70.4 Å². The summed E-state index contributed by atoms with van der Waals surface area (Å²) in [5, 5.41) is 2.20. The van der Waals surface area contributed by atoms with Crippen LogP contribution in [0.5, 0.6) is 0 Å². The van der Waals surface area contributed by atoms with Gasteiger partial charge >= 0.3 is 0 Å². The van der Waals surface area contributed by atoms with Crippen LogP contribution in [0.2, 0.25) is 0 Å².